The summed E-state index contributed by atoms with van der Waals surface area (Å²) in [6.45, 7) is 5.92. The predicted molar refractivity (Wildman–Crippen MR) is 40.1 cm³/mol. The van der Waals surface area contributed by atoms with Crippen LogP contribution in [0.1, 0.15) is 26.2 Å². The summed E-state index contributed by atoms with van der Waals surface area (Å²) in [5, 5.41) is 0. The summed E-state index contributed by atoms with van der Waals surface area (Å²) in [5.41, 5.74) is 6.06. The van der Waals surface area contributed by atoms with Gasteiger partial charge in [0.05, 0.1) is 0 Å². The van der Waals surface area contributed by atoms with Crippen molar-refractivity contribution in [3.05, 3.63) is 12.7 Å². The van der Waals surface area contributed by atoms with E-state index in [0.29, 0.717) is 0 Å². The van der Waals surface area contributed by atoms with Crippen molar-refractivity contribution in [2.45, 2.75) is 31.7 Å². The lowest BCUT2D eigenvalue weighted by atomic mass is 9.68. The quantitative estimate of drug-likeness (QED) is 0.558. The van der Waals surface area contributed by atoms with Crippen molar-refractivity contribution in [2.75, 3.05) is 0 Å². The molecule has 0 aromatic rings. The molecule has 1 saturated carbocycles. The van der Waals surface area contributed by atoms with Crippen molar-refractivity contribution in [2.24, 2.45) is 11.7 Å². The Kier molecular flexibility index (Phi) is 1.62. The van der Waals surface area contributed by atoms with Crippen molar-refractivity contribution in [1.82, 2.24) is 0 Å². The van der Waals surface area contributed by atoms with Crippen LogP contribution in [-0.4, -0.2) is 5.54 Å². The minimum atomic E-state index is 0.126. The lowest BCUT2D eigenvalue weighted by Crippen LogP contribution is -2.50. The minimum Gasteiger partial charge on any atom is -0.325 e. The van der Waals surface area contributed by atoms with Crippen LogP contribution in [0.5, 0.6) is 0 Å². The third-order valence-corrected chi connectivity index (χ3v) is 2.06. The van der Waals surface area contributed by atoms with Crippen LogP contribution in [0.4, 0.5) is 0 Å². The van der Waals surface area contributed by atoms with E-state index >= 15 is 0 Å². The van der Waals surface area contributed by atoms with Gasteiger partial charge in [0.1, 0.15) is 0 Å². The molecule has 0 aromatic carbocycles. The van der Waals surface area contributed by atoms with Gasteiger partial charge in [-0.1, -0.05) is 13.0 Å². The Morgan fingerprint density at radius 2 is 2.33 bits per heavy atom. The molecular formula is C8H15N. The van der Waals surface area contributed by atoms with Gasteiger partial charge in [-0.25, -0.2) is 0 Å². The molecule has 0 aromatic heterocycles. The zero-order chi connectivity index (χ0) is 6.91. The molecule has 52 valence electrons. The van der Waals surface area contributed by atoms with E-state index in [1.807, 2.05) is 6.08 Å². The molecule has 0 spiro atoms. The topological polar surface area (TPSA) is 26.0 Å². The van der Waals surface area contributed by atoms with Crippen LogP contribution in [0, 0.1) is 5.92 Å². The maximum atomic E-state index is 5.93. The van der Waals surface area contributed by atoms with Gasteiger partial charge in [0, 0.05) is 5.54 Å². The molecule has 2 N–H and O–H groups in total. The zero-order valence-corrected chi connectivity index (χ0v) is 6.06. The fourth-order valence-corrected chi connectivity index (χ4v) is 1.78. The molecule has 1 aliphatic carbocycles. The van der Waals surface area contributed by atoms with E-state index in [9.17, 15) is 0 Å². The normalized spacial score (nSPS) is 41.8. The average Bonchev–Trinajstić information content (AvgIpc) is 1.62. The second-order valence-corrected chi connectivity index (χ2v) is 3.37. The Hall–Kier alpha value is -0.300. The van der Waals surface area contributed by atoms with Crippen molar-refractivity contribution < 1.29 is 0 Å². The molecule has 0 heterocycles. The fraction of sp³-hybridized carbons (Fsp3) is 0.750. The van der Waals surface area contributed by atoms with Crippen LogP contribution in [-0.2, 0) is 0 Å². The van der Waals surface area contributed by atoms with Crippen molar-refractivity contribution in [3.63, 3.8) is 0 Å². The van der Waals surface area contributed by atoms with Gasteiger partial charge in [-0.3, -0.25) is 0 Å². The molecule has 0 amide bonds. The standard InChI is InChI=1S/C8H15N/c1-3-4-8(9)5-7(2)6-8/h3,7H,1,4-6,9H2,2H3/t7-,8-. The van der Waals surface area contributed by atoms with E-state index in [1.165, 1.54) is 12.8 Å². The van der Waals surface area contributed by atoms with Crippen molar-refractivity contribution in [3.8, 4) is 0 Å². The lowest BCUT2D eigenvalue weighted by molar-refractivity contribution is 0.166. The third kappa shape index (κ3) is 1.33. The third-order valence-electron chi connectivity index (χ3n) is 2.06. The minimum absolute atomic E-state index is 0.126. The van der Waals surface area contributed by atoms with E-state index in [-0.39, 0.29) is 5.54 Å². The van der Waals surface area contributed by atoms with E-state index in [4.69, 9.17) is 5.73 Å². The van der Waals surface area contributed by atoms with Crippen LogP contribution >= 0.6 is 0 Å². The summed E-state index contributed by atoms with van der Waals surface area (Å²) in [5.74, 6) is 0.843. The summed E-state index contributed by atoms with van der Waals surface area (Å²) in [4.78, 5) is 0. The van der Waals surface area contributed by atoms with Gasteiger partial charge in [0.2, 0.25) is 0 Å². The Labute approximate surface area is 56.9 Å². The van der Waals surface area contributed by atoms with Crippen LogP contribution in [0.15, 0.2) is 12.7 Å². The van der Waals surface area contributed by atoms with Gasteiger partial charge in [0.25, 0.3) is 0 Å². The number of hydrogen-bond acceptors (Lipinski definition) is 1. The van der Waals surface area contributed by atoms with E-state index in [1.54, 1.807) is 0 Å². The molecule has 0 bridgehead atoms. The highest BCUT2D eigenvalue weighted by atomic mass is 14.8. The van der Waals surface area contributed by atoms with Crippen LogP contribution < -0.4 is 5.73 Å². The molecular weight excluding hydrogens is 110 g/mol. The van der Waals surface area contributed by atoms with Crippen LogP contribution in [0.3, 0.4) is 0 Å². The molecule has 1 heteroatoms. The summed E-state index contributed by atoms with van der Waals surface area (Å²) in [6.07, 6.45) is 5.27. The van der Waals surface area contributed by atoms with Gasteiger partial charge in [0.15, 0.2) is 0 Å². The maximum Gasteiger partial charge on any atom is 0.0194 e. The van der Waals surface area contributed by atoms with Gasteiger partial charge in [-0.05, 0) is 25.2 Å². The first-order valence-corrected chi connectivity index (χ1v) is 3.56. The molecule has 1 fully saturated rings. The molecule has 0 unspecified atom stereocenters. The van der Waals surface area contributed by atoms with Gasteiger partial charge < -0.3 is 5.73 Å². The Bertz CT molecular complexity index is 112. The Morgan fingerprint density at radius 3 is 2.67 bits per heavy atom. The highest BCUT2D eigenvalue weighted by Crippen LogP contribution is 2.37. The largest absolute Gasteiger partial charge is 0.325 e. The predicted octanol–water partition coefficient (Wildman–Crippen LogP) is 1.69. The van der Waals surface area contributed by atoms with Gasteiger partial charge in [-0.15, -0.1) is 6.58 Å². The molecule has 0 aliphatic heterocycles. The Morgan fingerprint density at radius 1 is 1.78 bits per heavy atom. The van der Waals surface area contributed by atoms with E-state index < -0.39 is 0 Å². The van der Waals surface area contributed by atoms with Crippen LogP contribution in [0.2, 0.25) is 0 Å². The highest BCUT2D eigenvalue weighted by Gasteiger charge is 2.36. The van der Waals surface area contributed by atoms with Gasteiger partial charge in [-0.2, -0.15) is 0 Å². The number of hydrogen-bond donors (Lipinski definition) is 1. The molecule has 1 rings (SSSR count). The molecule has 1 nitrogen and oxygen atoms in total. The number of nitrogens with two attached hydrogens (primary N) is 1. The molecule has 0 radical (unpaired) electrons. The lowest BCUT2D eigenvalue weighted by Gasteiger charge is -2.42. The van der Waals surface area contributed by atoms with E-state index in [0.717, 1.165) is 12.3 Å². The summed E-state index contributed by atoms with van der Waals surface area (Å²) in [7, 11) is 0. The summed E-state index contributed by atoms with van der Waals surface area (Å²) in [6, 6.07) is 0. The second kappa shape index (κ2) is 2.14. The maximum absolute atomic E-state index is 5.93. The SMILES string of the molecule is C=CC[C@]1(N)C[C@H](C)C1. The highest BCUT2D eigenvalue weighted by molar-refractivity contribution is 5.00. The monoisotopic (exact) mass is 125 g/mol. The van der Waals surface area contributed by atoms with Crippen LogP contribution in [0.25, 0.3) is 0 Å². The van der Waals surface area contributed by atoms with Gasteiger partial charge >= 0.3 is 0 Å². The molecule has 0 atom stereocenters. The smallest absolute Gasteiger partial charge is 0.0194 e. The van der Waals surface area contributed by atoms with Crippen molar-refractivity contribution >= 4 is 0 Å². The second-order valence-electron chi connectivity index (χ2n) is 3.37. The summed E-state index contributed by atoms with van der Waals surface area (Å²) < 4.78 is 0. The molecule has 9 heavy (non-hydrogen) atoms. The first-order valence-electron chi connectivity index (χ1n) is 3.56. The van der Waals surface area contributed by atoms with E-state index in [2.05, 4.69) is 13.5 Å². The fourth-order valence-electron chi connectivity index (χ4n) is 1.78. The first kappa shape index (κ1) is 6.81. The first-order chi connectivity index (χ1) is 4.16. The molecule has 0 saturated heterocycles. The zero-order valence-electron chi connectivity index (χ0n) is 6.06. The molecule has 1 aliphatic rings. The van der Waals surface area contributed by atoms with Crippen molar-refractivity contribution in [1.29, 1.82) is 0 Å². The Balaban J connectivity index is 2.31. The number of rotatable bonds is 2. The average molecular weight is 125 g/mol. The summed E-state index contributed by atoms with van der Waals surface area (Å²) >= 11 is 0.